The number of likely N-dealkylation sites (tertiary alicyclic amines) is 1. The van der Waals surface area contributed by atoms with Gasteiger partial charge in [0.05, 0.1) is 28.6 Å². The lowest BCUT2D eigenvalue weighted by molar-refractivity contribution is -0.0393. The van der Waals surface area contributed by atoms with Gasteiger partial charge in [-0.25, -0.2) is 23.6 Å². The largest absolute Gasteiger partial charge is 0.444 e. The minimum atomic E-state index is -0.571. The molecular weight excluding hydrogens is 555 g/mol. The summed E-state index contributed by atoms with van der Waals surface area (Å²) in [5.74, 6) is 0.0537. The van der Waals surface area contributed by atoms with Crippen LogP contribution in [-0.4, -0.2) is 93.1 Å². The molecule has 3 amide bonds. The van der Waals surface area contributed by atoms with Crippen molar-refractivity contribution in [3.8, 4) is 11.5 Å². The Kier molecular flexibility index (Phi) is 8.17. The SMILES string of the molecule is CC(C)(C)OC(=O)N1CCN(c2cc3nc(-c4nn(C5CCCCO5)cc4NC(=O)N4CCCCC4)[nH]c3cc2F)CC1. The van der Waals surface area contributed by atoms with Gasteiger partial charge in [-0.2, -0.15) is 5.10 Å². The lowest BCUT2D eigenvalue weighted by atomic mass is 10.1. The molecule has 3 aliphatic rings. The predicted molar refractivity (Wildman–Crippen MR) is 161 cm³/mol. The number of urea groups is 1. The maximum Gasteiger partial charge on any atom is 0.410 e. The first-order valence-corrected chi connectivity index (χ1v) is 15.3. The van der Waals surface area contributed by atoms with Crippen LogP contribution in [0.2, 0.25) is 0 Å². The maximum atomic E-state index is 15.4. The van der Waals surface area contributed by atoms with E-state index in [9.17, 15) is 9.59 Å². The number of piperazine rings is 1. The molecule has 5 heterocycles. The van der Waals surface area contributed by atoms with E-state index < -0.39 is 5.60 Å². The van der Waals surface area contributed by atoms with Crippen molar-refractivity contribution in [2.45, 2.75) is 71.1 Å². The molecule has 13 heteroatoms. The molecule has 1 unspecified atom stereocenters. The average Bonchev–Trinajstić information content (AvgIpc) is 3.60. The molecule has 3 aromatic rings. The molecule has 232 valence electrons. The summed E-state index contributed by atoms with van der Waals surface area (Å²) >= 11 is 0. The van der Waals surface area contributed by atoms with Gasteiger partial charge in [0.2, 0.25) is 0 Å². The summed E-state index contributed by atoms with van der Waals surface area (Å²) in [7, 11) is 0. The van der Waals surface area contributed by atoms with Crippen LogP contribution in [-0.2, 0) is 9.47 Å². The van der Waals surface area contributed by atoms with E-state index in [1.54, 1.807) is 21.8 Å². The molecule has 43 heavy (non-hydrogen) atoms. The molecule has 1 atom stereocenters. The summed E-state index contributed by atoms with van der Waals surface area (Å²) in [5, 5.41) is 7.84. The van der Waals surface area contributed by atoms with Gasteiger partial charge in [0, 0.05) is 51.9 Å². The third-order valence-corrected chi connectivity index (χ3v) is 8.11. The van der Waals surface area contributed by atoms with Crippen molar-refractivity contribution in [1.82, 2.24) is 29.5 Å². The Hall–Kier alpha value is -3.87. The quantitative estimate of drug-likeness (QED) is 0.417. The van der Waals surface area contributed by atoms with Gasteiger partial charge in [0.25, 0.3) is 0 Å². The van der Waals surface area contributed by atoms with E-state index in [0.717, 1.165) is 51.6 Å². The Bertz CT molecular complexity index is 1460. The van der Waals surface area contributed by atoms with Gasteiger partial charge in [-0.3, -0.25) is 0 Å². The van der Waals surface area contributed by atoms with E-state index >= 15 is 4.39 Å². The van der Waals surface area contributed by atoms with Crippen LogP contribution in [0, 0.1) is 5.82 Å². The van der Waals surface area contributed by atoms with Gasteiger partial charge in [0.15, 0.2) is 11.5 Å². The smallest absolute Gasteiger partial charge is 0.410 e. The van der Waals surface area contributed by atoms with Crippen LogP contribution in [0.3, 0.4) is 0 Å². The first kappa shape index (κ1) is 29.2. The Morgan fingerprint density at radius 3 is 2.49 bits per heavy atom. The van der Waals surface area contributed by atoms with Gasteiger partial charge in [-0.1, -0.05) is 0 Å². The van der Waals surface area contributed by atoms with E-state index in [1.165, 1.54) is 6.07 Å². The molecule has 3 fully saturated rings. The topological polar surface area (TPSA) is 121 Å². The predicted octanol–water partition coefficient (Wildman–Crippen LogP) is 5.34. The number of nitrogens with zero attached hydrogens (tertiary/aromatic N) is 6. The fraction of sp³-hybridized carbons (Fsp3) is 0.600. The zero-order valence-electron chi connectivity index (χ0n) is 25.2. The zero-order chi connectivity index (χ0) is 30.1. The average molecular weight is 597 g/mol. The van der Waals surface area contributed by atoms with Crippen LogP contribution in [0.15, 0.2) is 18.3 Å². The number of aromatic amines is 1. The minimum Gasteiger partial charge on any atom is -0.444 e. The van der Waals surface area contributed by atoms with Gasteiger partial charge in [0.1, 0.15) is 17.6 Å². The molecule has 6 rings (SSSR count). The van der Waals surface area contributed by atoms with Crippen LogP contribution in [0.5, 0.6) is 0 Å². The monoisotopic (exact) mass is 596 g/mol. The summed E-state index contributed by atoms with van der Waals surface area (Å²) < 4.78 is 28.6. The van der Waals surface area contributed by atoms with Crippen LogP contribution < -0.4 is 10.2 Å². The highest BCUT2D eigenvalue weighted by molar-refractivity contribution is 5.94. The number of ether oxygens (including phenoxy) is 2. The normalized spacial score (nSPS) is 20.0. The first-order valence-electron chi connectivity index (χ1n) is 15.3. The van der Waals surface area contributed by atoms with E-state index in [-0.39, 0.29) is 24.2 Å². The highest BCUT2D eigenvalue weighted by Crippen LogP contribution is 2.33. The van der Waals surface area contributed by atoms with E-state index in [2.05, 4.69) is 10.3 Å². The number of H-pyrrole nitrogens is 1. The van der Waals surface area contributed by atoms with Crippen LogP contribution >= 0.6 is 0 Å². The van der Waals surface area contributed by atoms with Crippen molar-refractivity contribution in [3.05, 3.63) is 24.1 Å². The Morgan fingerprint density at radius 2 is 1.79 bits per heavy atom. The molecular formula is C30H41FN8O4. The number of nitrogens with one attached hydrogen (secondary N) is 2. The summed E-state index contributed by atoms with van der Waals surface area (Å²) in [6, 6.07) is 3.00. The standard InChI is InChI=1S/C30H41FN8O4/c1-30(2,3)43-29(41)38-14-12-36(13-15-38)24-18-22-21(17-20(24)31)32-27(33-22)26-23(34-28(40)37-10-6-4-7-11-37)19-39(35-26)25-9-5-8-16-42-25/h17-19,25H,4-16H2,1-3H3,(H,32,33)(H,34,40). The first-order chi connectivity index (χ1) is 20.6. The molecule has 3 aliphatic heterocycles. The van der Waals surface area contributed by atoms with Crippen molar-refractivity contribution in [2.75, 3.05) is 56.1 Å². The van der Waals surface area contributed by atoms with Crippen LogP contribution in [0.25, 0.3) is 22.6 Å². The molecule has 3 saturated heterocycles. The third-order valence-electron chi connectivity index (χ3n) is 8.11. The van der Waals surface area contributed by atoms with E-state index in [1.807, 2.05) is 30.6 Å². The lowest BCUT2D eigenvalue weighted by Crippen LogP contribution is -2.50. The number of benzene rings is 1. The van der Waals surface area contributed by atoms with Gasteiger partial charge in [-0.05, 0) is 65.4 Å². The second-order valence-corrected chi connectivity index (χ2v) is 12.5. The molecule has 0 spiro atoms. The molecule has 0 bridgehead atoms. The second-order valence-electron chi connectivity index (χ2n) is 12.5. The number of halogens is 1. The number of amides is 3. The van der Waals surface area contributed by atoms with Gasteiger partial charge < -0.3 is 34.5 Å². The summed E-state index contributed by atoms with van der Waals surface area (Å²) in [4.78, 5) is 39.0. The molecule has 1 aromatic carbocycles. The molecule has 0 radical (unpaired) electrons. The molecule has 12 nitrogen and oxygen atoms in total. The third kappa shape index (κ3) is 6.56. The summed E-state index contributed by atoms with van der Waals surface area (Å²) in [6.07, 6.45) is 7.20. The van der Waals surface area contributed by atoms with Crippen molar-refractivity contribution in [3.63, 3.8) is 0 Å². The number of anilines is 2. The van der Waals surface area contributed by atoms with Gasteiger partial charge in [-0.15, -0.1) is 0 Å². The van der Waals surface area contributed by atoms with Crippen molar-refractivity contribution in [1.29, 1.82) is 0 Å². The Balaban J connectivity index is 1.24. The van der Waals surface area contributed by atoms with Crippen molar-refractivity contribution < 1.29 is 23.5 Å². The fourth-order valence-corrected chi connectivity index (χ4v) is 5.86. The zero-order valence-corrected chi connectivity index (χ0v) is 25.2. The molecule has 2 N–H and O–H groups in total. The summed E-state index contributed by atoms with van der Waals surface area (Å²) in [5.41, 5.74) is 1.97. The van der Waals surface area contributed by atoms with Gasteiger partial charge >= 0.3 is 12.1 Å². The second kappa shape index (κ2) is 12.0. The van der Waals surface area contributed by atoms with E-state index in [4.69, 9.17) is 19.6 Å². The van der Waals surface area contributed by atoms with Crippen LogP contribution in [0.4, 0.5) is 25.4 Å². The highest BCUT2D eigenvalue weighted by Gasteiger charge is 2.28. The van der Waals surface area contributed by atoms with Crippen molar-refractivity contribution in [2.24, 2.45) is 0 Å². The Morgan fingerprint density at radius 1 is 1.02 bits per heavy atom. The highest BCUT2D eigenvalue weighted by atomic mass is 19.1. The number of carbonyl (C=O) groups is 2. The number of carbonyl (C=O) groups excluding carboxylic acids is 2. The molecule has 0 saturated carbocycles. The number of piperidine rings is 1. The number of imidazole rings is 1. The van der Waals surface area contributed by atoms with Crippen LogP contribution in [0.1, 0.15) is 65.5 Å². The van der Waals surface area contributed by atoms with E-state index in [0.29, 0.717) is 66.7 Å². The number of fused-ring (bicyclic) bond motifs is 1. The summed E-state index contributed by atoms with van der Waals surface area (Å²) in [6.45, 7) is 9.41. The molecule has 2 aromatic heterocycles. The lowest BCUT2D eigenvalue weighted by Gasteiger charge is -2.36. The number of rotatable bonds is 4. The number of hydrogen-bond donors (Lipinski definition) is 2. The fourth-order valence-electron chi connectivity index (χ4n) is 5.86. The number of hydrogen-bond acceptors (Lipinski definition) is 7. The van der Waals surface area contributed by atoms with Crippen molar-refractivity contribution >= 4 is 34.5 Å². The minimum absolute atomic E-state index is 0.167. The maximum absolute atomic E-state index is 15.4. The Labute approximate surface area is 250 Å². The molecule has 0 aliphatic carbocycles. The number of aromatic nitrogens is 4.